The van der Waals surface area contributed by atoms with Gasteiger partial charge in [-0.15, -0.1) is 0 Å². The van der Waals surface area contributed by atoms with Gasteiger partial charge in [0.05, 0.1) is 0 Å². The molecule has 136 valence electrons. The minimum absolute atomic E-state index is 0.119. The van der Waals surface area contributed by atoms with E-state index in [2.05, 4.69) is 30.2 Å². The third-order valence-electron chi connectivity index (χ3n) is 4.19. The second kappa shape index (κ2) is 7.73. The molecule has 0 amide bonds. The van der Waals surface area contributed by atoms with Crippen molar-refractivity contribution >= 4 is 11.8 Å². The second-order valence-corrected chi connectivity index (χ2v) is 6.05. The first-order valence-electron chi connectivity index (χ1n) is 8.41. The molecule has 0 bridgehead atoms. The van der Waals surface area contributed by atoms with E-state index < -0.39 is 6.43 Å². The predicted molar refractivity (Wildman–Crippen MR) is 91.9 cm³/mol. The zero-order chi connectivity index (χ0) is 17.8. The summed E-state index contributed by atoms with van der Waals surface area (Å²) in [5, 5.41) is 7.05. The van der Waals surface area contributed by atoms with Gasteiger partial charge < -0.3 is 10.2 Å². The van der Waals surface area contributed by atoms with Gasteiger partial charge in [-0.2, -0.15) is 10.1 Å². The standard InChI is InChI=1S/C16H23F2N7/c1-3-19-13-4-5-20-16(21-13)25-8-6-24(7-9-25)11-12-10-23(2)22-14(12)15(17)18/h4-5,10,15H,3,6-9,11H2,1-2H3,(H,19,20,21). The largest absolute Gasteiger partial charge is 0.370 e. The number of anilines is 2. The van der Waals surface area contributed by atoms with Crippen molar-refractivity contribution in [3.8, 4) is 0 Å². The van der Waals surface area contributed by atoms with Crippen LogP contribution < -0.4 is 10.2 Å². The molecule has 0 atom stereocenters. The van der Waals surface area contributed by atoms with E-state index >= 15 is 0 Å². The van der Waals surface area contributed by atoms with E-state index in [9.17, 15) is 8.78 Å². The van der Waals surface area contributed by atoms with Crippen molar-refractivity contribution in [1.82, 2.24) is 24.6 Å². The number of halogens is 2. The topological polar surface area (TPSA) is 62.1 Å². The van der Waals surface area contributed by atoms with Crippen LogP contribution in [0.4, 0.5) is 20.5 Å². The van der Waals surface area contributed by atoms with Crippen molar-refractivity contribution < 1.29 is 8.78 Å². The molecule has 0 spiro atoms. The highest BCUT2D eigenvalue weighted by molar-refractivity contribution is 5.41. The smallest absolute Gasteiger partial charge is 0.282 e. The molecule has 9 heteroatoms. The van der Waals surface area contributed by atoms with Crippen LogP contribution in [-0.4, -0.2) is 57.4 Å². The number of aromatic nitrogens is 4. The van der Waals surface area contributed by atoms with Crippen LogP contribution in [0.25, 0.3) is 0 Å². The first kappa shape index (κ1) is 17.5. The van der Waals surface area contributed by atoms with Gasteiger partial charge in [0.2, 0.25) is 5.95 Å². The quantitative estimate of drug-likeness (QED) is 0.858. The van der Waals surface area contributed by atoms with Crippen LogP contribution in [0.5, 0.6) is 0 Å². The number of rotatable bonds is 6. The molecule has 0 unspecified atom stereocenters. The molecular weight excluding hydrogens is 328 g/mol. The summed E-state index contributed by atoms with van der Waals surface area (Å²) in [6.07, 6.45) is 0.883. The number of hydrogen-bond donors (Lipinski definition) is 1. The molecule has 0 saturated carbocycles. The molecule has 0 aliphatic carbocycles. The number of hydrogen-bond acceptors (Lipinski definition) is 6. The molecule has 3 heterocycles. The van der Waals surface area contributed by atoms with Crippen LogP contribution in [0.15, 0.2) is 18.5 Å². The van der Waals surface area contributed by atoms with Crippen molar-refractivity contribution in [2.75, 3.05) is 42.9 Å². The van der Waals surface area contributed by atoms with Crippen molar-refractivity contribution in [3.63, 3.8) is 0 Å². The fourth-order valence-corrected chi connectivity index (χ4v) is 2.99. The van der Waals surface area contributed by atoms with E-state index in [4.69, 9.17) is 0 Å². The fourth-order valence-electron chi connectivity index (χ4n) is 2.99. The zero-order valence-electron chi connectivity index (χ0n) is 14.5. The lowest BCUT2D eigenvalue weighted by atomic mass is 10.2. The number of aryl methyl sites for hydroxylation is 1. The van der Waals surface area contributed by atoms with E-state index in [1.165, 1.54) is 4.68 Å². The van der Waals surface area contributed by atoms with Crippen molar-refractivity contribution in [3.05, 3.63) is 29.7 Å². The maximum Gasteiger partial charge on any atom is 0.282 e. The highest BCUT2D eigenvalue weighted by atomic mass is 19.3. The summed E-state index contributed by atoms with van der Waals surface area (Å²) in [5.74, 6) is 1.51. The Morgan fingerprint density at radius 3 is 2.68 bits per heavy atom. The highest BCUT2D eigenvalue weighted by Crippen LogP contribution is 2.23. The Balaban J connectivity index is 1.60. The number of alkyl halides is 2. The van der Waals surface area contributed by atoms with Crippen molar-refractivity contribution in [1.29, 1.82) is 0 Å². The van der Waals surface area contributed by atoms with Crippen LogP contribution >= 0.6 is 0 Å². The average molecular weight is 351 g/mol. The Hall–Kier alpha value is -2.29. The third-order valence-corrected chi connectivity index (χ3v) is 4.19. The molecule has 3 rings (SSSR count). The first-order valence-corrected chi connectivity index (χ1v) is 8.41. The molecule has 1 fully saturated rings. The molecular formula is C16H23F2N7. The first-order chi connectivity index (χ1) is 12.1. The monoisotopic (exact) mass is 351 g/mol. The van der Waals surface area contributed by atoms with Gasteiger partial charge in [0.1, 0.15) is 11.5 Å². The summed E-state index contributed by atoms with van der Waals surface area (Å²) < 4.78 is 27.6. The molecule has 1 saturated heterocycles. The van der Waals surface area contributed by atoms with E-state index in [1.807, 2.05) is 13.0 Å². The molecule has 2 aromatic heterocycles. The van der Waals surface area contributed by atoms with Crippen molar-refractivity contribution in [2.24, 2.45) is 7.05 Å². The summed E-state index contributed by atoms with van der Waals surface area (Å²) in [6, 6.07) is 1.84. The van der Waals surface area contributed by atoms with Gasteiger partial charge in [0.15, 0.2) is 0 Å². The van der Waals surface area contributed by atoms with Gasteiger partial charge in [-0.05, 0) is 13.0 Å². The molecule has 1 aliphatic rings. The van der Waals surface area contributed by atoms with Gasteiger partial charge in [-0.3, -0.25) is 9.58 Å². The fraction of sp³-hybridized carbons (Fsp3) is 0.562. The van der Waals surface area contributed by atoms with E-state index in [1.54, 1.807) is 19.4 Å². The van der Waals surface area contributed by atoms with E-state index in [0.717, 1.165) is 38.5 Å². The molecule has 7 nitrogen and oxygen atoms in total. The molecule has 1 aliphatic heterocycles. The maximum absolute atomic E-state index is 13.1. The lowest BCUT2D eigenvalue weighted by Crippen LogP contribution is -2.46. The summed E-state index contributed by atoms with van der Waals surface area (Å²) in [4.78, 5) is 13.1. The lowest BCUT2D eigenvalue weighted by molar-refractivity contribution is 0.142. The summed E-state index contributed by atoms with van der Waals surface area (Å²) >= 11 is 0. The number of nitrogens with one attached hydrogen (secondary N) is 1. The number of nitrogens with zero attached hydrogens (tertiary/aromatic N) is 6. The van der Waals surface area contributed by atoms with Crippen LogP contribution in [0.2, 0.25) is 0 Å². The normalized spacial score (nSPS) is 15.8. The van der Waals surface area contributed by atoms with E-state index in [0.29, 0.717) is 18.1 Å². The van der Waals surface area contributed by atoms with Gasteiger partial charge in [0, 0.05) is 64.3 Å². The summed E-state index contributed by atoms with van der Waals surface area (Å²) in [6.45, 7) is 6.38. The lowest BCUT2D eigenvalue weighted by Gasteiger charge is -2.34. The summed E-state index contributed by atoms with van der Waals surface area (Å²) in [5.41, 5.74) is 0.475. The third kappa shape index (κ3) is 4.22. The molecule has 2 aromatic rings. The van der Waals surface area contributed by atoms with Crippen LogP contribution in [0, 0.1) is 0 Å². The predicted octanol–water partition coefficient (Wildman–Crippen LogP) is 1.90. The van der Waals surface area contributed by atoms with Gasteiger partial charge in [0.25, 0.3) is 6.43 Å². The average Bonchev–Trinajstić information content (AvgIpc) is 2.97. The Morgan fingerprint density at radius 2 is 2.00 bits per heavy atom. The second-order valence-electron chi connectivity index (χ2n) is 6.05. The minimum Gasteiger partial charge on any atom is -0.370 e. The van der Waals surface area contributed by atoms with Gasteiger partial charge >= 0.3 is 0 Å². The maximum atomic E-state index is 13.1. The van der Waals surface area contributed by atoms with Gasteiger partial charge in [-0.25, -0.2) is 13.8 Å². The summed E-state index contributed by atoms with van der Waals surface area (Å²) in [7, 11) is 1.67. The van der Waals surface area contributed by atoms with Crippen LogP contribution in [0.1, 0.15) is 24.6 Å². The number of piperazine rings is 1. The molecule has 25 heavy (non-hydrogen) atoms. The van der Waals surface area contributed by atoms with Gasteiger partial charge in [-0.1, -0.05) is 0 Å². The Morgan fingerprint density at radius 1 is 1.24 bits per heavy atom. The molecule has 0 radical (unpaired) electrons. The molecule has 1 N–H and O–H groups in total. The Kier molecular flexibility index (Phi) is 5.42. The Labute approximate surface area is 145 Å². The SMILES string of the molecule is CCNc1ccnc(N2CCN(Cc3cn(C)nc3C(F)F)CC2)n1. The molecule has 0 aromatic carbocycles. The van der Waals surface area contributed by atoms with Crippen molar-refractivity contribution in [2.45, 2.75) is 19.9 Å². The Bertz CT molecular complexity index is 696. The highest BCUT2D eigenvalue weighted by Gasteiger charge is 2.23. The minimum atomic E-state index is -2.54. The van der Waals surface area contributed by atoms with E-state index in [-0.39, 0.29) is 5.69 Å². The van der Waals surface area contributed by atoms with Crippen LogP contribution in [0.3, 0.4) is 0 Å². The zero-order valence-corrected chi connectivity index (χ0v) is 14.5. The van der Waals surface area contributed by atoms with Crippen LogP contribution in [-0.2, 0) is 13.6 Å².